The van der Waals surface area contributed by atoms with Gasteiger partial charge in [-0.3, -0.25) is 14.4 Å². The maximum absolute atomic E-state index is 12.0. The van der Waals surface area contributed by atoms with Crippen molar-refractivity contribution in [3.63, 3.8) is 0 Å². The maximum atomic E-state index is 12.0. The van der Waals surface area contributed by atoms with E-state index in [9.17, 15) is 14.4 Å². The molecule has 1 aliphatic rings. The summed E-state index contributed by atoms with van der Waals surface area (Å²) in [7, 11) is 0. The van der Waals surface area contributed by atoms with E-state index in [4.69, 9.17) is 9.84 Å². The van der Waals surface area contributed by atoms with E-state index in [0.717, 1.165) is 6.42 Å². The van der Waals surface area contributed by atoms with Gasteiger partial charge >= 0.3 is 5.97 Å². The second-order valence-electron chi connectivity index (χ2n) is 6.62. The lowest BCUT2D eigenvalue weighted by atomic mass is 10.1. The van der Waals surface area contributed by atoms with Crippen LogP contribution in [0.15, 0.2) is 48.5 Å². The number of ether oxygens (including phenoxy) is 1. The second kappa shape index (κ2) is 8.56. The molecule has 7 nitrogen and oxygen atoms in total. The van der Waals surface area contributed by atoms with Gasteiger partial charge in [-0.2, -0.15) is 0 Å². The number of rotatable bonds is 7. The number of carboxylic acids is 1. The van der Waals surface area contributed by atoms with Gasteiger partial charge in [-0.15, -0.1) is 0 Å². The van der Waals surface area contributed by atoms with Crippen LogP contribution in [0.3, 0.4) is 0 Å². The highest BCUT2D eigenvalue weighted by molar-refractivity contribution is 5.99. The number of anilines is 2. The van der Waals surface area contributed by atoms with Gasteiger partial charge in [0, 0.05) is 24.3 Å². The van der Waals surface area contributed by atoms with Crippen molar-refractivity contribution in [1.29, 1.82) is 0 Å². The number of carbonyl (C=O) groups is 3. The number of carboxylic acid groups (broad SMARTS) is 1. The summed E-state index contributed by atoms with van der Waals surface area (Å²) < 4.78 is 5.48. The highest BCUT2D eigenvalue weighted by Gasteiger charge is 2.34. The number of hydrogen-bond donors (Lipinski definition) is 2. The van der Waals surface area contributed by atoms with Crippen LogP contribution in [0.5, 0.6) is 5.75 Å². The van der Waals surface area contributed by atoms with Crippen molar-refractivity contribution in [1.82, 2.24) is 0 Å². The van der Waals surface area contributed by atoms with Gasteiger partial charge in [-0.1, -0.05) is 19.1 Å². The van der Waals surface area contributed by atoms with Gasteiger partial charge in [0.05, 0.1) is 5.92 Å². The van der Waals surface area contributed by atoms with Gasteiger partial charge in [-0.05, 0) is 48.4 Å². The molecule has 1 saturated heterocycles. The quantitative estimate of drug-likeness (QED) is 0.768. The highest BCUT2D eigenvalue weighted by atomic mass is 16.5. The predicted octanol–water partition coefficient (Wildman–Crippen LogP) is 2.70. The molecule has 2 aromatic carbocycles. The van der Waals surface area contributed by atoms with E-state index in [1.807, 2.05) is 24.3 Å². The molecule has 2 N–H and O–H groups in total. The first-order chi connectivity index (χ1) is 13.5. The Morgan fingerprint density at radius 3 is 2.39 bits per heavy atom. The zero-order chi connectivity index (χ0) is 20.1. The molecule has 7 heteroatoms. The Hall–Kier alpha value is -3.35. The SMILES string of the molecule is CCc1ccc(NC(=O)COc2ccc(N3CC(C(=O)O)CC3=O)cc2)cc1. The van der Waals surface area contributed by atoms with Crippen LogP contribution in [0.1, 0.15) is 18.9 Å². The molecule has 1 atom stereocenters. The number of carbonyl (C=O) groups excluding carboxylic acids is 2. The first-order valence-corrected chi connectivity index (χ1v) is 9.11. The number of aryl methyl sites for hydroxylation is 1. The molecule has 2 aromatic rings. The Balaban J connectivity index is 1.52. The van der Waals surface area contributed by atoms with E-state index in [2.05, 4.69) is 12.2 Å². The molecule has 0 aliphatic carbocycles. The lowest BCUT2D eigenvalue weighted by Gasteiger charge is -2.16. The number of nitrogens with one attached hydrogen (secondary N) is 1. The van der Waals surface area contributed by atoms with Gasteiger partial charge < -0.3 is 20.1 Å². The van der Waals surface area contributed by atoms with Gasteiger partial charge in [0.2, 0.25) is 5.91 Å². The van der Waals surface area contributed by atoms with Crippen molar-refractivity contribution in [3.8, 4) is 5.75 Å². The lowest BCUT2D eigenvalue weighted by molar-refractivity contribution is -0.141. The van der Waals surface area contributed by atoms with Crippen molar-refractivity contribution in [3.05, 3.63) is 54.1 Å². The molecule has 1 aliphatic heterocycles. The van der Waals surface area contributed by atoms with Crippen molar-refractivity contribution in [2.75, 3.05) is 23.4 Å². The van der Waals surface area contributed by atoms with E-state index >= 15 is 0 Å². The minimum absolute atomic E-state index is 0.00694. The molecule has 1 unspecified atom stereocenters. The first kappa shape index (κ1) is 19.4. The van der Waals surface area contributed by atoms with Crippen LogP contribution in [-0.4, -0.2) is 36.0 Å². The van der Waals surface area contributed by atoms with Crippen molar-refractivity contribution in [2.45, 2.75) is 19.8 Å². The van der Waals surface area contributed by atoms with E-state index < -0.39 is 11.9 Å². The molecule has 1 heterocycles. The molecule has 0 saturated carbocycles. The second-order valence-corrected chi connectivity index (χ2v) is 6.62. The summed E-state index contributed by atoms with van der Waals surface area (Å²) in [5.74, 6) is -1.65. The fraction of sp³-hybridized carbons (Fsp3) is 0.286. The Morgan fingerprint density at radius 1 is 1.14 bits per heavy atom. The summed E-state index contributed by atoms with van der Waals surface area (Å²) >= 11 is 0. The average molecular weight is 382 g/mol. The monoisotopic (exact) mass is 382 g/mol. The van der Waals surface area contributed by atoms with Crippen LogP contribution in [0.25, 0.3) is 0 Å². The highest BCUT2D eigenvalue weighted by Crippen LogP contribution is 2.27. The van der Waals surface area contributed by atoms with Gasteiger partial charge in [0.1, 0.15) is 5.75 Å². The minimum atomic E-state index is -0.967. The molecule has 1 fully saturated rings. The van der Waals surface area contributed by atoms with E-state index in [1.165, 1.54) is 10.5 Å². The van der Waals surface area contributed by atoms with Crippen LogP contribution in [-0.2, 0) is 20.8 Å². The summed E-state index contributed by atoms with van der Waals surface area (Å²) in [5, 5.41) is 11.8. The molecule has 0 radical (unpaired) electrons. The third-order valence-corrected chi connectivity index (χ3v) is 4.64. The Labute approximate surface area is 162 Å². The number of hydrogen-bond acceptors (Lipinski definition) is 4. The van der Waals surface area contributed by atoms with Crippen LogP contribution in [0, 0.1) is 5.92 Å². The number of benzene rings is 2. The fourth-order valence-electron chi connectivity index (χ4n) is 3.01. The normalized spacial score (nSPS) is 16.1. The summed E-state index contributed by atoms with van der Waals surface area (Å²) in [6, 6.07) is 14.3. The van der Waals surface area contributed by atoms with Crippen molar-refractivity contribution in [2.24, 2.45) is 5.92 Å². The molecule has 146 valence electrons. The van der Waals surface area contributed by atoms with E-state index in [0.29, 0.717) is 17.1 Å². The molecule has 28 heavy (non-hydrogen) atoms. The molecule has 2 amide bonds. The van der Waals surface area contributed by atoms with Gasteiger partial charge in [0.25, 0.3) is 5.91 Å². The maximum Gasteiger partial charge on any atom is 0.308 e. The smallest absolute Gasteiger partial charge is 0.308 e. The van der Waals surface area contributed by atoms with E-state index in [1.54, 1.807) is 24.3 Å². The molecular formula is C21H22N2O5. The zero-order valence-corrected chi connectivity index (χ0v) is 15.6. The molecule has 0 bridgehead atoms. The first-order valence-electron chi connectivity index (χ1n) is 9.11. The van der Waals surface area contributed by atoms with Gasteiger partial charge in [0.15, 0.2) is 6.61 Å². The molecular weight excluding hydrogens is 360 g/mol. The predicted molar refractivity (Wildman–Crippen MR) is 104 cm³/mol. The van der Waals surface area contributed by atoms with Crippen LogP contribution in [0.2, 0.25) is 0 Å². The van der Waals surface area contributed by atoms with Crippen LogP contribution < -0.4 is 15.0 Å². The fourth-order valence-corrected chi connectivity index (χ4v) is 3.01. The Bertz CT molecular complexity index is 861. The molecule has 0 aromatic heterocycles. The summed E-state index contributed by atoms with van der Waals surface area (Å²) in [6.45, 7) is 2.09. The van der Waals surface area contributed by atoms with Crippen molar-refractivity contribution < 1.29 is 24.2 Å². The molecule has 0 spiro atoms. The van der Waals surface area contributed by atoms with Crippen molar-refractivity contribution >= 4 is 29.2 Å². The average Bonchev–Trinajstić information content (AvgIpc) is 3.09. The van der Waals surface area contributed by atoms with E-state index in [-0.39, 0.29) is 31.4 Å². The summed E-state index contributed by atoms with van der Waals surface area (Å²) in [5.41, 5.74) is 2.52. The Kier molecular flexibility index (Phi) is 5.93. The number of nitrogens with zero attached hydrogens (tertiary/aromatic N) is 1. The minimum Gasteiger partial charge on any atom is -0.484 e. The third kappa shape index (κ3) is 4.68. The van der Waals surface area contributed by atoms with Gasteiger partial charge in [-0.25, -0.2) is 0 Å². The lowest BCUT2D eigenvalue weighted by Crippen LogP contribution is -2.25. The summed E-state index contributed by atoms with van der Waals surface area (Å²) in [4.78, 5) is 36.5. The number of amides is 2. The third-order valence-electron chi connectivity index (χ3n) is 4.64. The van der Waals surface area contributed by atoms with Crippen LogP contribution >= 0.6 is 0 Å². The largest absolute Gasteiger partial charge is 0.484 e. The van der Waals surface area contributed by atoms with Crippen LogP contribution in [0.4, 0.5) is 11.4 Å². The number of aliphatic carboxylic acids is 1. The Morgan fingerprint density at radius 2 is 1.82 bits per heavy atom. The molecule has 3 rings (SSSR count). The summed E-state index contributed by atoms with van der Waals surface area (Å²) in [6.07, 6.45) is 0.945. The zero-order valence-electron chi connectivity index (χ0n) is 15.6. The standard InChI is InChI=1S/C21H22N2O5/c1-2-14-3-5-16(6-4-14)22-19(24)13-28-18-9-7-17(8-10-18)23-12-15(21(26)27)11-20(23)25/h3-10,15H,2,11-13H2,1H3,(H,22,24)(H,26,27). The topological polar surface area (TPSA) is 95.9 Å².